The summed E-state index contributed by atoms with van der Waals surface area (Å²) in [4.78, 5) is 24.4. The van der Waals surface area contributed by atoms with Gasteiger partial charge in [-0.1, -0.05) is 11.6 Å². The monoisotopic (exact) mass is 247 g/mol. The molecule has 15 heavy (non-hydrogen) atoms. The number of likely N-dealkylation sites (N-methyl/N-ethyl adjacent to an activating group) is 1. The first kappa shape index (κ1) is 12.0. The highest BCUT2D eigenvalue weighted by Crippen LogP contribution is 2.23. The summed E-state index contributed by atoms with van der Waals surface area (Å²) in [5, 5.41) is 2.13. The predicted octanol–water partition coefficient (Wildman–Crippen LogP) is 1.65. The van der Waals surface area contributed by atoms with E-state index in [4.69, 9.17) is 11.6 Å². The highest BCUT2D eigenvalue weighted by atomic mass is 35.5. The van der Waals surface area contributed by atoms with Crippen molar-refractivity contribution in [3.05, 3.63) is 21.3 Å². The summed E-state index contributed by atoms with van der Waals surface area (Å²) >= 11 is 7.04. The number of thiophene rings is 1. The van der Waals surface area contributed by atoms with Crippen LogP contribution in [0.4, 0.5) is 0 Å². The van der Waals surface area contributed by atoms with E-state index in [2.05, 4.69) is 4.74 Å². The molecule has 0 unspecified atom stereocenters. The maximum Gasteiger partial charge on any atom is 0.325 e. The summed E-state index contributed by atoms with van der Waals surface area (Å²) in [6.45, 7) is -0.0798. The molecule has 0 saturated carbocycles. The number of esters is 1. The minimum atomic E-state index is -0.460. The van der Waals surface area contributed by atoms with E-state index in [0.717, 1.165) is 0 Å². The summed E-state index contributed by atoms with van der Waals surface area (Å²) in [6, 6.07) is 1.64. The third-order valence-corrected chi connectivity index (χ3v) is 3.08. The normalized spacial score (nSPS) is 9.80. The van der Waals surface area contributed by atoms with Gasteiger partial charge >= 0.3 is 5.97 Å². The zero-order valence-corrected chi connectivity index (χ0v) is 9.89. The van der Waals surface area contributed by atoms with Crippen molar-refractivity contribution in [3.63, 3.8) is 0 Å². The molecule has 0 aromatic carbocycles. The number of hydrogen-bond donors (Lipinski definition) is 0. The fourth-order valence-electron chi connectivity index (χ4n) is 0.950. The Bertz CT molecular complexity index is 377. The molecule has 82 valence electrons. The molecule has 0 fully saturated rings. The fraction of sp³-hybridized carbons (Fsp3) is 0.333. The van der Waals surface area contributed by atoms with Gasteiger partial charge in [-0.2, -0.15) is 0 Å². The van der Waals surface area contributed by atoms with Crippen molar-refractivity contribution < 1.29 is 14.3 Å². The second-order valence-corrected chi connectivity index (χ2v) is 4.16. The van der Waals surface area contributed by atoms with Gasteiger partial charge in [-0.25, -0.2) is 0 Å². The summed E-state index contributed by atoms with van der Waals surface area (Å²) in [7, 11) is 2.80. The molecule has 1 aromatic heterocycles. The Kier molecular flexibility index (Phi) is 4.11. The van der Waals surface area contributed by atoms with Gasteiger partial charge in [0.05, 0.1) is 12.1 Å². The van der Waals surface area contributed by atoms with Gasteiger partial charge in [-0.3, -0.25) is 9.59 Å². The highest BCUT2D eigenvalue weighted by molar-refractivity contribution is 7.12. The van der Waals surface area contributed by atoms with Gasteiger partial charge in [0.1, 0.15) is 11.4 Å². The average Bonchev–Trinajstić information content (AvgIpc) is 2.63. The van der Waals surface area contributed by atoms with E-state index >= 15 is 0 Å². The molecular formula is C9H10ClNO3S. The number of rotatable bonds is 3. The Labute approximate surface area is 96.4 Å². The van der Waals surface area contributed by atoms with Crippen molar-refractivity contribution in [2.75, 3.05) is 20.7 Å². The topological polar surface area (TPSA) is 46.6 Å². The average molecular weight is 248 g/mol. The fourth-order valence-corrected chi connectivity index (χ4v) is 2.08. The van der Waals surface area contributed by atoms with Crippen molar-refractivity contribution in [2.24, 2.45) is 0 Å². The van der Waals surface area contributed by atoms with Crippen LogP contribution in [0.3, 0.4) is 0 Å². The maximum absolute atomic E-state index is 11.7. The van der Waals surface area contributed by atoms with E-state index in [0.29, 0.717) is 9.90 Å². The molecule has 0 radical (unpaired) electrons. The van der Waals surface area contributed by atoms with Crippen LogP contribution in [0, 0.1) is 0 Å². The number of carbonyl (C=O) groups excluding carboxylic acids is 2. The van der Waals surface area contributed by atoms with Crippen LogP contribution in [0.5, 0.6) is 0 Å². The number of hydrogen-bond acceptors (Lipinski definition) is 4. The van der Waals surface area contributed by atoms with E-state index in [1.54, 1.807) is 11.4 Å². The first-order chi connectivity index (χ1) is 7.06. The molecule has 0 N–H and O–H groups in total. The Morgan fingerprint density at radius 1 is 1.60 bits per heavy atom. The van der Waals surface area contributed by atoms with Crippen molar-refractivity contribution in [1.82, 2.24) is 4.90 Å². The van der Waals surface area contributed by atoms with Crippen LogP contribution in [-0.2, 0) is 9.53 Å². The third-order valence-electron chi connectivity index (χ3n) is 1.75. The second kappa shape index (κ2) is 5.14. The SMILES string of the molecule is COC(=O)CN(C)C(=O)c1sccc1Cl. The maximum atomic E-state index is 11.7. The van der Waals surface area contributed by atoms with Crippen LogP contribution < -0.4 is 0 Å². The summed E-state index contributed by atoms with van der Waals surface area (Å²) in [5.41, 5.74) is 0. The number of nitrogens with zero attached hydrogens (tertiary/aromatic N) is 1. The van der Waals surface area contributed by atoms with Gasteiger partial charge in [0, 0.05) is 7.05 Å². The van der Waals surface area contributed by atoms with Crippen LogP contribution in [0.25, 0.3) is 0 Å². The lowest BCUT2D eigenvalue weighted by Gasteiger charge is -2.14. The van der Waals surface area contributed by atoms with Crippen molar-refractivity contribution in [1.29, 1.82) is 0 Å². The molecule has 1 rings (SSSR count). The van der Waals surface area contributed by atoms with Gasteiger partial charge in [-0.15, -0.1) is 11.3 Å². The molecule has 0 aliphatic rings. The van der Waals surface area contributed by atoms with Crippen LogP contribution >= 0.6 is 22.9 Å². The van der Waals surface area contributed by atoms with Gasteiger partial charge in [-0.05, 0) is 11.4 Å². The lowest BCUT2D eigenvalue weighted by atomic mass is 10.4. The molecule has 6 heteroatoms. The van der Waals surface area contributed by atoms with Crippen molar-refractivity contribution in [2.45, 2.75) is 0 Å². The van der Waals surface area contributed by atoms with E-state index in [-0.39, 0.29) is 12.5 Å². The molecule has 4 nitrogen and oxygen atoms in total. The van der Waals surface area contributed by atoms with Crippen LogP contribution in [-0.4, -0.2) is 37.5 Å². The molecule has 0 aliphatic carbocycles. The second-order valence-electron chi connectivity index (χ2n) is 2.84. The number of amides is 1. The summed E-state index contributed by atoms with van der Waals surface area (Å²) in [6.07, 6.45) is 0. The lowest BCUT2D eigenvalue weighted by molar-refractivity contribution is -0.141. The number of carbonyl (C=O) groups is 2. The van der Waals surface area contributed by atoms with E-state index in [9.17, 15) is 9.59 Å². The van der Waals surface area contributed by atoms with Gasteiger partial charge in [0.25, 0.3) is 5.91 Å². The Morgan fingerprint density at radius 2 is 2.27 bits per heavy atom. The van der Waals surface area contributed by atoms with Crippen molar-refractivity contribution in [3.8, 4) is 0 Å². The quantitative estimate of drug-likeness (QED) is 0.763. The molecule has 1 amide bonds. The molecule has 1 heterocycles. The molecule has 0 saturated heterocycles. The minimum Gasteiger partial charge on any atom is -0.468 e. The van der Waals surface area contributed by atoms with E-state index < -0.39 is 5.97 Å². The number of ether oxygens (including phenoxy) is 1. The van der Waals surface area contributed by atoms with Crippen LogP contribution in [0.15, 0.2) is 11.4 Å². The zero-order valence-electron chi connectivity index (χ0n) is 8.32. The minimum absolute atomic E-state index is 0.0798. The predicted molar refractivity (Wildman–Crippen MR) is 58.3 cm³/mol. The Balaban J connectivity index is 2.69. The standard InChI is InChI=1S/C9H10ClNO3S/c1-11(5-7(12)14-2)9(13)8-6(10)3-4-15-8/h3-4H,5H2,1-2H3. The third kappa shape index (κ3) is 2.94. The number of methoxy groups -OCH3 is 1. The molecule has 0 aliphatic heterocycles. The molecule has 0 atom stereocenters. The van der Waals surface area contributed by atoms with Gasteiger partial charge in [0.15, 0.2) is 0 Å². The molecule has 1 aromatic rings. The molecule has 0 spiro atoms. The summed E-state index contributed by atoms with van der Waals surface area (Å²) < 4.78 is 4.46. The first-order valence-corrected chi connectivity index (χ1v) is 5.37. The highest BCUT2D eigenvalue weighted by Gasteiger charge is 2.18. The van der Waals surface area contributed by atoms with Gasteiger partial charge in [0.2, 0.25) is 0 Å². The molecular weight excluding hydrogens is 238 g/mol. The lowest BCUT2D eigenvalue weighted by Crippen LogP contribution is -2.32. The van der Waals surface area contributed by atoms with Crippen LogP contribution in [0.1, 0.15) is 9.67 Å². The zero-order chi connectivity index (χ0) is 11.4. The Morgan fingerprint density at radius 3 is 2.73 bits per heavy atom. The largest absolute Gasteiger partial charge is 0.468 e. The summed E-state index contributed by atoms with van der Waals surface area (Å²) in [5.74, 6) is -0.737. The number of halogens is 1. The molecule has 0 bridgehead atoms. The van der Waals surface area contributed by atoms with Crippen LogP contribution in [0.2, 0.25) is 5.02 Å². The van der Waals surface area contributed by atoms with E-state index in [1.165, 1.54) is 30.4 Å². The van der Waals surface area contributed by atoms with E-state index in [1.807, 2.05) is 0 Å². The smallest absolute Gasteiger partial charge is 0.325 e. The van der Waals surface area contributed by atoms with Crippen molar-refractivity contribution >= 4 is 34.8 Å². The first-order valence-electron chi connectivity index (χ1n) is 4.11. The Hall–Kier alpha value is -1.07. The van der Waals surface area contributed by atoms with Gasteiger partial charge < -0.3 is 9.64 Å².